The molecule has 1 heterocycles. The summed E-state index contributed by atoms with van der Waals surface area (Å²) in [7, 11) is 1.82. The van der Waals surface area contributed by atoms with Crippen molar-refractivity contribution in [1.82, 2.24) is 10.2 Å². The Balaban J connectivity index is 0.00000280. The van der Waals surface area contributed by atoms with Crippen molar-refractivity contribution in [2.24, 2.45) is 4.99 Å². The molecule has 2 aromatic carbocycles. The molecular weight excluding hydrogens is 467 g/mol. The number of anilines is 1. The maximum atomic E-state index is 10.0. The highest BCUT2D eigenvalue weighted by molar-refractivity contribution is 14.0. The van der Waals surface area contributed by atoms with E-state index in [0.29, 0.717) is 12.4 Å². The van der Waals surface area contributed by atoms with Crippen LogP contribution < -0.4 is 15.0 Å². The molecule has 0 atom stereocenters. The molecule has 2 N–H and O–H groups in total. The van der Waals surface area contributed by atoms with Gasteiger partial charge in [-0.25, -0.2) is 0 Å². The average molecular weight is 496 g/mol. The first-order valence-corrected chi connectivity index (χ1v) is 9.44. The predicted molar refractivity (Wildman–Crippen MR) is 125 cm³/mol. The van der Waals surface area contributed by atoms with Crippen LogP contribution in [0, 0.1) is 0 Å². The zero-order valence-electron chi connectivity index (χ0n) is 16.3. The van der Waals surface area contributed by atoms with Gasteiger partial charge in [0.1, 0.15) is 11.5 Å². The molecule has 0 aromatic heterocycles. The molecule has 28 heavy (non-hydrogen) atoms. The number of nitrogens with zero attached hydrogens (tertiary/aromatic N) is 3. The number of ether oxygens (including phenoxy) is 1. The third-order valence-corrected chi connectivity index (χ3v) is 4.63. The second-order valence-corrected chi connectivity index (χ2v) is 6.45. The second-order valence-electron chi connectivity index (χ2n) is 6.45. The lowest BCUT2D eigenvalue weighted by molar-refractivity contribution is 0.309. The van der Waals surface area contributed by atoms with Crippen LogP contribution in [-0.4, -0.2) is 62.3 Å². The summed E-state index contributed by atoms with van der Waals surface area (Å²) in [6, 6.07) is 17.4. The molecule has 1 aliphatic rings. The molecule has 152 valence electrons. The topological polar surface area (TPSA) is 60.3 Å². The first kappa shape index (κ1) is 22.1. The van der Waals surface area contributed by atoms with E-state index in [1.54, 1.807) is 6.07 Å². The van der Waals surface area contributed by atoms with E-state index in [2.05, 4.69) is 20.1 Å². The van der Waals surface area contributed by atoms with Crippen molar-refractivity contribution >= 4 is 35.6 Å². The summed E-state index contributed by atoms with van der Waals surface area (Å²) in [5.74, 6) is 2.17. The minimum Gasteiger partial charge on any atom is -0.506 e. The molecule has 0 amide bonds. The smallest absolute Gasteiger partial charge is 0.193 e. The Morgan fingerprint density at radius 2 is 1.71 bits per heavy atom. The molecule has 0 saturated carbocycles. The van der Waals surface area contributed by atoms with Crippen LogP contribution in [0.25, 0.3) is 0 Å². The minimum absolute atomic E-state index is 0. The van der Waals surface area contributed by atoms with Crippen molar-refractivity contribution in [1.29, 1.82) is 0 Å². The maximum Gasteiger partial charge on any atom is 0.193 e. The molecule has 1 saturated heterocycles. The monoisotopic (exact) mass is 496 g/mol. The summed E-state index contributed by atoms with van der Waals surface area (Å²) in [5.41, 5.74) is 0.901. The van der Waals surface area contributed by atoms with Gasteiger partial charge in [-0.2, -0.15) is 0 Å². The average Bonchev–Trinajstić information content (AvgIpc) is 2.72. The number of piperazine rings is 1. The zero-order valence-corrected chi connectivity index (χ0v) is 18.6. The Bertz CT molecular complexity index is 734. The fraction of sp³-hybridized carbons (Fsp3) is 0.381. The lowest BCUT2D eigenvalue weighted by Crippen LogP contribution is -2.52. The van der Waals surface area contributed by atoms with Crippen LogP contribution in [0.3, 0.4) is 0 Å². The Morgan fingerprint density at radius 1 is 1.04 bits per heavy atom. The molecule has 1 aliphatic heterocycles. The van der Waals surface area contributed by atoms with E-state index in [1.165, 1.54) is 0 Å². The summed E-state index contributed by atoms with van der Waals surface area (Å²) in [5, 5.41) is 13.4. The van der Waals surface area contributed by atoms with Gasteiger partial charge in [-0.3, -0.25) is 4.99 Å². The number of halogens is 1. The van der Waals surface area contributed by atoms with E-state index in [4.69, 9.17) is 4.74 Å². The van der Waals surface area contributed by atoms with Crippen LogP contribution in [0.1, 0.15) is 6.42 Å². The number of aromatic hydroxyl groups is 1. The van der Waals surface area contributed by atoms with Gasteiger partial charge in [-0.15, -0.1) is 24.0 Å². The number of hydrogen-bond donors (Lipinski definition) is 2. The molecule has 3 rings (SSSR count). The summed E-state index contributed by atoms with van der Waals surface area (Å²) in [6.07, 6.45) is 0.908. The third-order valence-electron chi connectivity index (χ3n) is 4.63. The standard InChI is InChI=1S/C21H28N4O2.HI/c1-22-21(23-12-7-17-27-18-8-3-2-4-9-18)25-15-13-24(14-16-25)19-10-5-6-11-20(19)26;/h2-6,8-11,26H,7,12-17H2,1H3,(H,22,23);1H. The van der Waals surface area contributed by atoms with Crippen molar-refractivity contribution in [3.8, 4) is 11.5 Å². The predicted octanol–water partition coefficient (Wildman–Crippen LogP) is 3.18. The van der Waals surface area contributed by atoms with E-state index < -0.39 is 0 Å². The van der Waals surface area contributed by atoms with E-state index in [-0.39, 0.29) is 24.0 Å². The van der Waals surface area contributed by atoms with E-state index in [0.717, 1.165) is 56.5 Å². The van der Waals surface area contributed by atoms with E-state index in [1.807, 2.05) is 55.6 Å². The lowest BCUT2D eigenvalue weighted by Gasteiger charge is -2.37. The summed E-state index contributed by atoms with van der Waals surface area (Å²) in [4.78, 5) is 8.88. The van der Waals surface area contributed by atoms with Crippen LogP contribution >= 0.6 is 24.0 Å². The van der Waals surface area contributed by atoms with E-state index >= 15 is 0 Å². The van der Waals surface area contributed by atoms with E-state index in [9.17, 15) is 5.11 Å². The summed E-state index contributed by atoms with van der Waals surface area (Å²) in [6.45, 7) is 4.95. The Kier molecular flexibility index (Phi) is 9.19. The molecule has 0 spiro atoms. The van der Waals surface area contributed by atoms with Gasteiger partial charge in [0.15, 0.2) is 5.96 Å². The van der Waals surface area contributed by atoms with Crippen LogP contribution in [-0.2, 0) is 0 Å². The number of rotatable bonds is 6. The third kappa shape index (κ3) is 6.19. The maximum absolute atomic E-state index is 10.0. The fourth-order valence-corrected chi connectivity index (χ4v) is 3.20. The highest BCUT2D eigenvalue weighted by Gasteiger charge is 2.21. The van der Waals surface area contributed by atoms with Crippen LogP contribution in [0.2, 0.25) is 0 Å². The number of phenolic OH excluding ortho intramolecular Hbond substituents is 1. The Labute approximate surface area is 184 Å². The normalized spacial score (nSPS) is 14.4. The van der Waals surface area contributed by atoms with Crippen LogP contribution in [0.5, 0.6) is 11.5 Å². The number of aliphatic imine (C=N–C) groups is 1. The number of guanidine groups is 1. The minimum atomic E-state index is 0. The molecule has 0 unspecified atom stereocenters. The van der Waals surface area contributed by atoms with Gasteiger partial charge in [-0.05, 0) is 30.7 Å². The van der Waals surface area contributed by atoms with Crippen molar-refractivity contribution in [3.05, 3.63) is 54.6 Å². The Hall–Kier alpha value is -2.16. The molecule has 2 aromatic rings. The van der Waals surface area contributed by atoms with Crippen molar-refractivity contribution < 1.29 is 9.84 Å². The second kappa shape index (κ2) is 11.6. The van der Waals surface area contributed by atoms with Gasteiger partial charge in [0, 0.05) is 39.8 Å². The molecule has 0 bridgehead atoms. The molecule has 6 nitrogen and oxygen atoms in total. The van der Waals surface area contributed by atoms with Gasteiger partial charge in [0.25, 0.3) is 0 Å². The number of hydrogen-bond acceptors (Lipinski definition) is 4. The molecule has 1 fully saturated rings. The molecule has 0 radical (unpaired) electrons. The van der Waals surface area contributed by atoms with Gasteiger partial charge >= 0.3 is 0 Å². The quantitative estimate of drug-likeness (QED) is 0.279. The van der Waals surface area contributed by atoms with Crippen molar-refractivity contribution in [3.63, 3.8) is 0 Å². The fourth-order valence-electron chi connectivity index (χ4n) is 3.20. The van der Waals surface area contributed by atoms with Gasteiger partial charge in [-0.1, -0.05) is 30.3 Å². The highest BCUT2D eigenvalue weighted by atomic mass is 127. The first-order chi connectivity index (χ1) is 13.3. The summed E-state index contributed by atoms with van der Waals surface area (Å²) >= 11 is 0. The number of nitrogens with one attached hydrogen (secondary N) is 1. The lowest BCUT2D eigenvalue weighted by atomic mass is 10.2. The van der Waals surface area contributed by atoms with Gasteiger partial charge in [0.2, 0.25) is 0 Å². The number of benzene rings is 2. The largest absolute Gasteiger partial charge is 0.506 e. The molecule has 7 heteroatoms. The SMILES string of the molecule is CN=C(NCCCOc1ccccc1)N1CCN(c2ccccc2O)CC1.I. The zero-order chi connectivity index (χ0) is 18.9. The number of para-hydroxylation sites is 3. The number of phenols is 1. The Morgan fingerprint density at radius 3 is 2.39 bits per heavy atom. The van der Waals surface area contributed by atoms with Crippen LogP contribution in [0.4, 0.5) is 5.69 Å². The first-order valence-electron chi connectivity index (χ1n) is 9.44. The van der Waals surface area contributed by atoms with Crippen molar-refractivity contribution in [2.75, 3.05) is 51.3 Å². The van der Waals surface area contributed by atoms with Gasteiger partial charge < -0.3 is 25.0 Å². The van der Waals surface area contributed by atoms with Crippen LogP contribution in [0.15, 0.2) is 59.6 Å². The molecule has 0 aliphatic carbocycles. The summed E-state index contributed by atoms with van der Waals surface area (Å²) < 4.78 is 5.72. The highest BCUT2D eigenvalue weighted by Crippen LogP contribution is 2.27. The van der Waals surface area contributed by atoms with Crippen molar-refractivity contribution in [2.45, 2.75) is 6.42 Å². The van der Waals surface area contributed by atoms with Gasteiger partial charge in [0.05, 0.1) is 12.3 Å². The molecular formula is C21H29IN4O2.